The minimum Gasteiger partial charge on any atom is -0.497 e. The van der Waals surface area contributed by atoms with Crippen molar-refractivity contribution >= 4 is 47.6 Å². The number of aromatic nitrogens is 2. The summed E-state index contributed by atoms with van der Waals surface area (Å²) in [6.45, 7) is -0.104. The van der Waals surface area contributed by atoms with Crippen molar-refractivity contribution < 1.29 is 39.6 Å². The van der Waals surface area contributed by atoms with E-state index in [0.29, 0.717) is 17.1 Å². The monoisotopic (exact) mass is 609 g/mol. The SMILES string of the molecule is COc1ccc(CN(c2ncns2)S(=O)(=O)c2cccc3c4c(cc(F)c23)[C@H](OS(C)(=O)=O)CCO4)c(OC)c1. The first kappa shape index (κ1) is 28.0. The van der Waals surface area contributed by atoms with Crippen molar-refractivity contribution in [3.05, 3.63) is 65.7 Å². The molecule has 3 aromatic carbocycles. The molecule has 15 heteroatoms. The molecule has 0 N–H and O–H groups in total. The fraction of sp³-hybridized carbons (Fsp3) is 0.280. The van der Waals surface area contributed by atoms with Gasteiger partial charge in [0.2, 0.25) is 5.13 Å². The molecule has 1 aliphatic heterocycles. The van der Waals surface area contributed by atoms with E-state index in [4.69, 9.17) is 18.4 Å². The van der Waals surface area contributed by atoms with Gasteiger partial charge >= 0.3 is 0 Å². The molecule has 212 valence electrons. The van der Waals surface area contributed by atoms with Crippen molar-refractivity contribution in [2.24, 2.45) is 0 Å². The molecule has 0 saturated carbocycles. The lowest BCUT2D eigenvalue weighted by molar-refractivity contribution is 0.144. The highest BCUT2D eigenvalue weighted by atomic mass is 32.2. The molecule has 4 aromatic rings. The second kappa shape index (κ2) is 10.8. The number of anilines is 1. The molecule has 2 heterocycles. The first-order chi connectivity index (χ1) is 19.0. The largest absolute Gasteiger partial charge is 0.497 e. The van der Waals surface area contributed by atoms with Crippen molar-refractivity contribution in [2.75, 3.05) is 31.4 Å². The smallest absolute Gasteiger partial charge is 0.267 e. The number of ether oxygens (including phenoxy) is 3. The number of sulfonamides is 1. The van der Waals surface area contributed by atoms with Crippen molar-refractivity contribution in [1.29, 1.82) is 0 Å². The standard InChI is InChI=1S/C25H24FN3O8S3/c1-34-16-8-7-15(21(11-16)35-2)13-29(25-27-14-28-38-25)40(32,33)22-6-4-5-17-23(22)19(26)12-18-20(37-39(3,30)31)9-10-36-24(17)18/h4-8,11-12,14,20H,9-10,13H2,1-3H3/t20-/m1/s1. The van der Waals surface area contributed by atoms with E-state index in [1.54, 1.807) is 18.2 Å². The Morgan fingerprint density at radius 2 is 1.93 bits per heavy atom. The van der Waals surface area contributed by atoms with Crippen LogP contribution in [0, 0.1) is 5.82 Å². The third-order valence-corrected chi connectivity index (χ3v) is 9.42. The Kier molecular flexibility index (Phi) is 7.56. The molecule has 1 aromatic heterocycles. The Balaban J connectivity index is 1.66. The molecule has 1 aliphatic rings. The van der Waals surface area contributed by atoms with E-state index in [-0.39, 0.29) is 51.7 Å². The zero-order valence-electron chi connectivity index (χ0n) is 21.5. The van der Waals surface area contributed by atoms with Crippen LogP contribution in [0.3, 0.4) is 0 Å². The predicted octanol–water partition coefficient (Wildman–Crippen LogP) is 4.04. The third-order valence-electron chi connectivity index (χ3n) is 6.26. The Hall–Kier alpha value is -3.53. The second-order valence-corrected chi connectivity index (χ2v) is 13.0. The van der Waals surface area contributed by atoms with Crippen LogP contribution in [-0.2, 0) is 30.9 Å². The summed E-state index contributed by atoms with van der Waals surface area (Å²) < 4.78 is 94.5. The van der Waals surface area contributed by atoms with Crippen LogP contribution in [0.5, 0.6) is 17.2 Å². The van der Waals surface area contributed by atoms with E-state index in [1.165, 1.54) is 38.7 Å². The van der Waals surface area contributed by atoms with E-state index in [2.05, 4.69) is 9.36 Å². The van der Waals surface area contributed by atoms with Crippen molar-refractivity contribution in [2.45, 2.75) is 24.0 Å². The number of rotatable bonds is 9. The molecule has 0 saturated heterocycles. The highest BCUT2D eigenvalue weighted by molar-refractivity contribution is 7.93. The molecular weight excluding hydrogens is 585 g/mol. The lowest BCUT2D eigenvalue weighted by Gasteiger charge is -2.27. The van der Waals surface area contributed by atoms with Crippen LogP contribution in [0.15, 0.2) is 53.7 Å². The summed E-state index contributed by atoms with van der Waals surface area (Å²) in [6, 6.07) is 10.3. The molecule has 5 rings (SSSR count). The number of hydrogen-bond acceptors (Lipinski definition) is 11. The average Bonchev–Trinajstić information content (AvgIpc) is 3.45. The van der Waals surface area contributed by atoms with Gasteiger partial charge in [-0.25, -0.2) is 22.1 Å². The number of halogens is 1. The topological polar surface area (TPSA) is 134 Å². The minimum absolute atomic E-state index is 0.0612. The van der Waals surface area contributed by atoms with Gasteiger partial charge in [-0.15, -0.1) is 0 Å². The van der Waals surface area contributed by atoms with Gasteiger partial charge in [0.1, 0.15) is 35.5 Å². The third kappa shape index (κ3) is 5.29. The molecule has 0 amide bonds. The fourth-order valence-corrected chi connectivity index (χ4v) is 7.50. The molecule has 0 unspecified atom stereocenters. The van der Waals surface area contributed by atoms with Gasteiger partial charge in [0.15, 0.2) is 0 Å². The van der Waals surface area contributed by atoms with Crippen LogP contribution < -0.4 is 18.5 Å². The Morgan fingerprint density at radius 1 is 1.12 bits per heavy atom. The molecule has 1 atom stereocenters. The summed E-state index contributed by atoms with van der Waals surface area (Å²) in [7, 11) is -5.35. The number of methoxy groups -OCH3 is 2. The maximum atomic E-state index is 15.8. The Labute approximate surface area is 234 Å². The highest BCUT2D eigenvalue weighted by Gasteiger charge is 2.34. The molecule has 0 bridgehead atoms. The average molecular weight is 610 g/mol. The summed E-state index contributed by atoms with van der Waals surface area (Å²) in [5, 5.41) is 0.0145. The van der Waals surface area contributed by atoms with Crippen molar-refractivity contribution in [3.8, 4) is 17.2 Å². The summed E-state index contributed by atoms with van der Waals surface area (Å²) >= 11 is 0.859. The van der Waals surface area contributed by atoms with Gasteiger partial charge in [0.25, 0.3) is 20.1 Å². The van der Waals surface area contributed by atoms with Crippen LogP contribution in [0.2, 0.25) is 0 Å². The lowest BCUT2D eigenvalue weighted by Crippen LogP contribution is -2.31. The zero-order valence-corrected chi connectivity index (χ0v) is 24.0. The van der Waals surface area contributed by atoms with Gasteiger partial charge in [-0.1, -0.05) is 12.1 Å². The minimum atomic E-state index is -4.45. The normalized spacial score (nSPS) is 15.3. The maximum Gasteiger partial charge on any atom is 0.267 e. The van der Waals surface area contributed by atoms with Gasteiger partial charge in [-0.3, -0.25) is 4.18 Å². The van der Waals surface area contributed by atoms with Gasteiger partial charge in [-0.2, -0.15) is 12.8 Å². The lowest BCUT2D eigenvalue weighted by atomic mass is 9.98. The van der Waals surface area contributed by atoms with Crippen molar-refractivity contribution in [3.63, 3.8) is 0 Å². The van der Waals surface area contributed by atoms with Gasteiger partial charge in [-0.05, 0) is 24.3 Å². The van der Waals surface area contributed by atoms with E-state index >= 15 is 4.39 Å². The first-order valence-corrected chi connectivity index (χ1v) is 15.8. The van der Waals surface area contributed by atoms with Gasteiger partial charge in [0, 0.05) is 45.9 Å². The van der Waals surface area contributed by atoms with E-state index < -0.39 is 32.1 Å². The molecule has 11 nitrogen and oxygen atoms in total. The number of nitrogens with zero attached hydrogens (tertiary/aromatic N) is 3. The Bertz CT molecular complexity index is 1780. The predicted molar refractivity (Wildman–Crippen MR) is 146 cm³/mol. The van der Waals surface area contributed by atoms with Crippen LogP contribution in [0.1, 0.15) is 23.7 Å². The molecule has 0 radical (unpaired) electrons. The zero-order chi connectivity index (χ0) is 28.7. The molecule has 40 heavy (non-hydrogen) atoms. The fourth-order valence-electron chi connectivity index (χ4n) is 4.53. The summed E-state index contributed by atoms with van der Waals surface area (Å²) in [5.41, 5.74) is 0.685. The molecule has 0 spiro atoms. The highest BCUT2D eigenvalue weighted by Crippen LogP contribution is 2.44. The van der Waals surface area contributed by atoms with Crippen LogP contribution in [0.25, 0.3) is 10.8 Å². The second-order valence-electron chi connectivity index (χ2n) is 8.79. The van der Waals surface area contributed by atoms with Crippen LogP contribution in [-0.4, -0.2) is 53.3 Å². The number of benzene rings is 3. The molecule has 0 aliphatic carbocycles. The number of fused-ring (bicyclic) bond motifs is 3. The van der Waals surface area contributed by atoms with E-state index in [0.717, 1.165) is 28.2 Å². The quantitative estimate of drug-likeness (QED) is 0.256. The number of hydrogen-bond donors (Lipinski definition) is 0. The van der Waals surface area contributed by atoms with Crippen molar-refractivity contribution in [1.82, 2.24) is 9.36 Å². The first-order valence-electron chi connectivity index (χ1n) is 11.8. The summed E-state index contributed by atoms with van der Waals surface area (Å²) in [5.74, 6) is 0.185. The molecular formula is C25H24FN3O8S3. The van der Waals surface area contributed by atoms with Crippen LogP contribution >= 0.6 is 11.5 Å². The van der Waals surface area contributed by atoms with E-state index in [9.17, 15) is 16.8 Å². The summed E-state index contributed by atoms with van der Waals surface area (Å²) in [4.78, 5) is 3.78. The summed E-state index contributed by atoms with van der Waals surface area (Å²) in [6.07, 6.45) is 1.34. The Morgan fingerprint density at radius 3 is 2.60 bits per heavy atom. The van der Waals surface area contributed by atoms with Gasteiger partial charge in [0.05, 0.1) is 38.5 Å². The maximum absolute atomic E-state index is 15.8. The molecule has 0 fully saturated rings. The van der Waals surface area contributed by atoms with E-state index in [1.807, 2.05) is 0 Å². The van der Waals surface area contributed by atoms with Gasteiger partial charge < -0.3 is 14.2 Å². The van der Waals surface area contributed by atoms with Crippen LogP contribution in [0.4, 0.5) is 9.52 Å².